The van der Waals surface area contributed by atoms with Crippen molar-refractivity contribution in [1.29, 1.82) is 0 Å². The molecule has 68 heavy (non-hydrogen) atoms. The van der Waals surface area contributed by atoms with Gasteiger partial charge >= 0.3 is 36.6 Å². The monoisotopic (exact) mass is 1210 g/mol. The summed E-state index contributed by atoms with van der Waals surface area (Å²) >= 11 is 0. The van der Waals surface area contributed by atoms with E-state index in [4.69, 9.17) is 50.9 Å². The van der Waals surface area contributed by atoms with Crippen molar-refractivity contribution < 1.29 is 140 Å². The molecule has 2 saturated heterocycles. The molecule has 4 heterocycles. The number of carboxylic acids is 2. The van der Waals surface area contributed by atoms with Crippen molar-refractivity contribution in [2.45, 2.75) is 175 Å². The van der Waals surface area contributed by atoms with Crippen LogP contribution in [0.25, 0.3) is 10.6 Å². The second-order valence-corrected chi connectivity index (χ2v) is 21.6. The molecule has 2 saturated carbocycles. The predicted molar refractivity (Wildman–Crippen MR) is 225 cm³/mol. The Kier molecular flexibility index (Phi) is 35.7. The Morgan fingerprint density at radius 1 is 0.662 bits per heavy atom. The van der Waals surface area contributed by atoms with Crippen LogP contribution >= 0.6 is 15.8 Å². The van der Waals surface area contributed by atoms with Gasteiger partial charge in [-0.05, 0) is 87.8 Å². The van der Waals surface area contributed by atoms with Crippen LogP contribution in [-0.2, 0) is 51.7 Å². The number of quaternary nitrogens is 1. The first-order valence-electron chi connectivity index (χ1n) is 21.5. The van der Waals surface area contributed by atoms with Crippen LogP contribution in [0, 0.1) is 0 Å². The Hall–Kier alpha value is -1.05. The summed E-state index contributed by atoms with van der Waals surface area (Å²) in [5, 5.41) is 56.2. The molecular weight excluding hydrogens is 1150 g/mol. The van der Waals surface area contributed by atoms with Crippen LogP contribution < -0.4 is 10.8 Å². The number of alkyl halides is 12. The largest absolute Gasteiger partial charge is 0.652 e. The number of nitrogens with two attached hydrogens (primary N) is 1. The molecule has 1 aromatic heterocycles. The molecular formula is C40H62F12Mo2N4O8P2. The second-order valence-electron chi connectivity index (χ2n) is 15.8. The first-order chi connectivity index (χ1) is 30.7. The van der Waals surface area contributed by atoms with Crippen LogP contribution in [0.15, 0.2) is 36.5 Å². The van der Waals surface area contributed by atoms with Crippen LogP contribution in [0.2, 0.25) is 0 Å². The third-order valence-corrected chi connectivity index (χ3v) is 18.0. The summed E-state index contributed by atoms with van der Waals surface area (Å²) in [5.74, 6) is -3.17. The molecule has 0 spiro atoms. The molecule has 0 amide bonds. The van der Waals surface area contributed by atoms with E-state index >= 15 is 0 Å². The maximum absolute atomic E-state index is 10.7. The van der Waals surface area contributed by atoms with Crippen molar-refractivity contribution in [3.8, 4) is 0 Å². The molecule has 12 nitrogen and oxygen atoms in total. The maximum atomic E-state index is 10.7. The molecule has 28 heteroatoms. The summed E-state index contributed by atoms with van der Waals surface area (Å²) in [6, 6.07) is 6.39. The third-order valence-electron chi connectivity index (χ3n) is 10.8. The summed E-state index contributed by atoms with van der Waals surface area (Å²) in [6.07, 6.45) is 4.59. The van der Waals surface area contributed by atoms with Crippen LogP contribution in [-0.4, -0.2) is 133 Å². The topological polar surface area (TPSA) is 213 Å². The van der Waals surface area contributed by atoms with Crippen molar-refractivity contribution in [2.24, 2.45) is 0 Å². The van der Waals surface area contributed by atoms with E-state index in [-0.39, 0.29) is 58.0 Å². The number of hydrogen-bond donors (Lipinski definition) is 7. The van der Waals surface area contributed by atoms with E-state index in [0.29, 0.717) is 5.78 Å². The molecule has 3 aliphatic heterocycles. The zero-order chi connectivity index (χ0) is 50.1. The number of rotatable bonds is 6. The van der Waals surface area contributed by atoms with Gasteiger partial charge in [-0.3, -0.25) is 4.98 Å². The first-order valence-corrected chi connectivity index (χ1v) is 24.7. The Labute approximate surface area is 418 Å². The first kappa shape index (κ1) is 69.0. The van der Waals surface area contributed by atoms with Crippen molar-refractivity contribution in [3.05, 3.63) is 47.2 Å². The van der Waals surface area contributed by atoms with E-state index in [0.717, 1.165) is 35.8 Å². The minimum absolute atomic E-state index is 0. The van der Waals surface area contributed by atoms with Crippen LogP contribution in [0.1, 0.15) is 109 Å². The van der Waals surface area contributed by atoms with E-state index in [1.54, 1.807) is 12.8 Å². The number of aliphatic hydroxyl groups is 4. The molecule has 4 fully saturated rings. The van der Waals surface area contributed by atoms with Crippen molar-refractivity contribution in [2.75, 3.05) is 19.6 Å². The molecule has 5 atom stereocenters. The molecule has 6 rings (SSSR count). The Morgan fingerprint density at radius 2 is 1.13 bits per heavy atom. The van der Waals surface area contributed by atoms with Crippen LogP contribution in [0.3, 0.4) is 0 Å². The van der Waals surface area contributed by atoms with E-state index in [1.807, 2.05) is 12.3 Å². The van der Waals surface area contributed by atoms with Gasteiger partial charge < -0.3 is 46.6 Å². The minimum Gasteiger partial charge on any atom is -0.652 e. The van der Waals surface area contributed by atoms with Crippen molar-refractivity contribution in [1.82, 2.24) is 4.98 Å². The standard InChI is InChI=1S/C16H30N2P.C16H22N2P.2C2H3F3O2.2C2HF3O2.2Mo/c2*1-2-8-14(9-3-1)19(15-10-4-6-12-17-15)16-11-5-7-13-18-16;4*3-2(4,5)1(6)7;;/h14-17H,1-13H2;4-7,10,12,14,16H,1-3,8-9,11,13H2;2*1,6-7H;2*(H,6,7);;/q2*-1;;;;;;/p+2. The number of nitrogens with zero attached hydrogens (tertiary/aromatic N) is 3. The van der Waals surface area contributed by atoms with Gasteiger partial charge in [0.15, 0.2) is 5.78 Å². The maximum Gasteiger partial charge on any atom is 0.490 e. The molecule has 8 N–H and O–H groups in total. The van der Waals surface area contributed by atoms with E-state index < -0.39 is 49.2 Å². The predicted octanol–water partition coefficient (Wildman–Crippen LogP) is 8.65. The van der Waals surface area contributed by atoms with Gasteiger partial charge in [0.25, 0.3) is 12.6 Å². The van der Waals surface area contributed by atoms with E-state index in [2.05, 4.69) is 34.6 Å². The zero-order valence-electron chi connectivity index (χ0n) is 36.9. The molecule has 0 radical (unpaired) electrons. The number of aliphatic carboxylic acids is 2. The molecule has 1 aromatic rings. The second kappa shape index (κ2) is 35.2. The SMILES string of the molecule is C1=CCC(P(c2ccccn2)C2CCCCC2)[N-]C1.C1CCC([PH+](C2CCCC[N-]2)C2CCCC[NH2+]2)CC1.O=C(O)C(F)(F)F.O=C(O)C(F)(F)F.OC(O)C(F)(F)F.OC(O)C(F)(F)F.[Mo].[Mo]. The average molecular weight is 1210 g/mol. The fraction of sp³-hybridized carbons (Fsp3) is 0.775. The van der Waals surface area contributed by atoms with Crippen LogP contribution in [0.5, 0.6) is 0 Å². The molecule has 0 bridgehead atoms. The quantitative estimate of drug-likeness (QED) is 0.0477. The number of aromatic nitrogens is 1. The molecule has 396 valence electrons. The van der Waals surface area contributed by atoms with Gasteiger partial charge in [0, 0.05) is 62.7 Å². The number of hydrogen-bond acceptors (Lipinski definition) is 7. The van der Waals surface area contributed by atoms with Gasteiger partial charge in [-0.25, -0.2) is 9.59 Å². The normalized spacial score (nSPS) is 22.4. The fourth-order valence-corrected chi connectivity index (χ4v) is 15.5. The summed E-state index contributed by atoms with van der Waals surface area (Å²) in [5.41, 5.74) is 3.28. The number of carbonyl (C=O) groups is 2. The molecule has 2 aliphatic carbocycles. The number of halogens is 12. The number of pyridine rings is 1. The van der Waals surface area contributed by atoms with Crippen molar-refractivity contribution in [3.63, 3.8) is 0 Å². The summed E-state index contributed by atoms with van der Waals surface area (Å²) in [6.45, 7) is 3.49. The van der Waals surface area contributed by atoms with Gasteiger partial charge in [-0.2, -0.15) is 52.7 Å². The van der Waals surface area contributed by atoms with Gasteiger partial charge in [-0.15, -0.1) is 24.9 Å². The third kappa shape index (κ3) is 29.5. The molecule has 5 unspecified atom stereocenters. The van der Waals surface area contributed by atoms with Gasteiger partial charge in [0.05, 0.1) is 17.6 Å². The number of piperidine rings is 2. The molecule has 0 aromatic carbocycles. The van der Waals surface area contributed by atoms with Crippen molar-refractivity contribution >= 4 is 33.2 Å². The fourth-order valence-electron chi connectivity index (χ4n) is 7.77. The average Bonchev–Trinajstić information content (AvgIpc) is 3.26. The Balaban J connectivity index is 0. The number of carboxylic acid groups (broad SMARTS) is 2. The Bertz CT molecular complexity index is 1420. The number of aliphatic hydroxyl groups excluding tert-OH is 2. The van der Waals surface area contributed by atoms with Crippen LogP contribution in [0.4, 0.5) is 52.7 Å². The smallest absolute Gasteiger partial charge is 0.490 e. The Morgan fingerprint density at radius 3 is 1.50 bits per heavy atom. The zero-order valence-corrected chi connectivity index (χ0v) is 42.8. The van der Waals surface area contributed by atoms with Gasteiger partial charge in [0.1, 0.15) is 0 Å². The summed E-state index contributed by atoms with van der Waals surface area (Å²) in [7, 11) is -0.490. The summed E-state index contributed by atoms with van der Waals surface area (Å²) in [4.78, 5) is 22.5. The minimum atomic E-state index is -5.08. The van der Waals surface area contributed by atoms with E-state index in [9.17, 15) is 52.7 Å². The van der Waals surface area contributed by atoms with Gasteiger partial charge in [-0.1, -0.05) is 58.6 Å². The van der Waals surface area contributed by atoms with E-state index in [1.165, 1.54) is 108 Å². The molecule has 5 aliphatic rings. The summed E-state index contributed by atoms with van der Waals surface area (Å²) < 4.78 is 128. The van der Waals surface area contributed by atoms with Gasteiger partial charge in [0.2, 0.25) is 0 Å².